The summed E-state index contributed by atoms with van der Waals surface area (Å²) in [6.45, 7) is 15.4. The lowest BCUT2D eigenvalue weighted by Gasteiger charge is -2.22. The molecular formula is C30H45N5O6S. The van der Waals surface area contributed by atoms with Gasteiger partial charge in [-0.15, -0.1) is 11.8 Å². The van der Waals surface area contributed by atoms with Crippen molar-refractivity contribution in [2.75, 3.05) is 37.7 Å². The number of ether oxygens (including phenoxy) is 2. The molecule has 0 saturated heterocycles. The highest BCUT2D eigenvalue weighted by Gasteiger charge is 2.22. The minimum Gasteiger partial charge on any atom is -0.456 e. The number of aryl methyl sites for hydroxylation is 2. The molecule has 0 fully saturated rings. The van der Waals surface area contributed by atoms with E-state index < -0.39 is 23.3 Å². The van der Waals surface area contributed by atoms with Crippen molar-refractivity contribution < 1.29 is 29.0 Å². The molecule has 11 nitrogen and oxygen atoms in total. The summed E-state index contributed by atoms with van der Waals surface area (Å²) in [5.74, 6) is -0.0144. The number of hydrogen-bond acceptors (Lipinski definition) is 10. The first-order valence-electron chi connectivity index (χ1n) is 14.0. The number of anilines is 1. The highest BCUT2D eigenvalue weighted by atomic mass is 32.2. The molecule has 0 atom stereocenters. The van der Waals surface area contributed by atoms with E-state index in [0.717, 1.165) is 16.7 Å². The first-order chi connectivity index (χ1) is 19.5. The molecule has 4 N–H and O–H groups in total. The molecule has 42 heavy (non-hydrogen) atoms. The molecule has 0 aliphatic carbocycles. The Balaban J connectivity index is 2.04. The van der Waals surface area contributed by atoms with Gasteiger partial charge < -0.3 is 30.5 Å². The number of aliphatic hydroxyl groups excluding tert-OH is 1. The Morgan fingerprint density at radius 1 is 0.976 bits per heavy atom. The zero-order chi connectivity index (χ0) is 31.7. The van der Waals surface area contributed by atoms with Gasteiger partial charge in [-0.05, 0) is 85.1 Å². The standard InChI is InChI=1S/C30H45N5O6S/c1-19-16-20(2)22(26(38)40-29(3,4)5)17-21(19)23-18-24(34-27(31)33-23)42-15-10-25(37)35(13-14-36)12-9-11-32-28(39)41-30(6,7)8/h16-18,36H,9-15H2,1-8H3,(H,32,39)(H2,31,33,34). The molecule has 0 aliphatic rings. The zero-order valence-electron chi connectivity index (χ0n) is 26.0. The molecule has 12 heteroatoms. The number of thioether (sulfide) groups is 1. The van der Waals surface area contributed by atoms with Crippen molar-refractivity contribution in [2.45, 2.75) is 84.5 Å². The van der Waals surface area contributed by atoms with E-state index in [9.17, 15) is 19.5 Å². The summed E-state index contributed by atoms with van der Waals surface area (Å²) in [7, 11) is 0. The smallest absolute Gasteiger partial charge is 0.407 e. The van der Waals surface area contributed by atoms with Gasteiger partial charge in [-0.1, -0.05) is 6.07 Å². The molecule has 2 rings (SSSR count). The average Bonchev–Trinajstić information content (AvgIpc) is 2.83. The zero-order valence-corrected chi connectivity index (χ0v) is 26.8. The van der Waals surface area contributed by atoms with Crippen LogP contribution in [0.2, 0.25) is 0 Å². The molecule has 1 heterocycles. The predicted molar refractivity (Wildman–Crippen MR) is 164 cm³/mol. The number of hydrogen-bond donors (Lipinski definition) is 3. The largest absolute Gasteiger partial charge is 0.456 e. The van der Waals surface area contributed by atoms with Gasteiger partial charge in [0.15, 0.2) is 0 Å². The second-order valence-electron chi connectivity index (χ2n) is 11.9. The van der Waals surface area contributed by atoms with E-state index in [1.165, 1.54) is 11.8 Å². The van der Waals surface area contributed by atoms with Crippen LogP contribution in [0.1, 0.15) is 75.9 Å². The van der Waals surface area contributed by atoms with Crippen molar-refractivity contribution in [3.63, 3.8) is 0 Å². The summed E-state index contributed by atoms with van der Waals surface area (Å²) in [6.07, 6.45) is 0.227. The second-order valence-corrected chi connectivity index (χ2v) is 13.0. The van der Waals surface area contributed by atoms with E-state index in [1.54, 1.807) is 37.8 Å². The van der Waals surface area contributed by atoms with Crippen molar-refractivity contribution in [1.82, 2.24) is 20.2 Å². The Labute approximate surface area is 253 Å². The van der Waals surface area contributed by atoms with Gasteiger partial charge in [0, 0.05) is 37.4 Å². The maximum atomic E-state index is 12.9. The summed E-state index contributed by atoms with van der Waals surface area (Å²) < 4.78 is 10.8. The topological polar surface area (TPSA) is 157 Å². The van der Waals surface area contributed by atoms with E-state index >= 15 is 0 Å². The number of amides is 2. The summed E-state index contributed by atoms with van der Waals surface area (Å²) in [5, 5.41) is 12.7. The molecule has 1 aromatic carbocycles. The number of nitrogens with zero attached hydrogens (tertiary/aromatic N) is 3. The fourth-order valence-electron chi connectivity index (χ4n) is 3.99. The van der Waals surface area contributed by atoms with Crippen LogP contribution in [0.5, 0.6) is 0 Å². The summed E-state index contributed by atoms with van der Waals surface area (Å²) >= 11 is 1.37. The lowest BCUT2D eigenvalue weighted by Crippen LogP contribution is -2.37. The Kier molecular flexibility index (Phi) is 12.6. The number of aromatic nitrogens is 2. The molecule has 0 unspecified atom stereocenters. The van der Waals surface area contributed by atoms with E-state index in [4.69, 9.17) is 15.2 Å². The minimum absolute atomic E-state index is 0.0829. The van der Waals surface area contributed by atoms with E-state index in [0.29, 0.717) is 41.5 Å². The first-order valence-corrected chi connectivity index (χ1v) is 15.0. The van der Waals surface area contributed by atoms with Crippen LogP contribution in [0, 0.1) is 13.8 Å². The number of nitrogens with one attached hydrogen (secondary N) is 1. The lowest BCUT2D eigenvalue weighted by molar-refractivity contribution is -0.131. The maximum absolute atomic E-state index is 12.9. The molecule has 0 spiro atoms. The Hall–Kier alpha value is -3.38. The molecule has 232 valence electrons. The van der Waals surface area contributed by atoms with Gasteiger partial charge in [-0.3, -0.25) is 4.79 Å². The van der Waals surface area contributed by atoms with Crippen LogP contribution in [-0.4, -0.2) is 81.1 Å². The summed E-state index contributed by atoms with van der Waals surface area (Å²) in [6, 6.07) is 5.47. The monoisotopic (exact) mass is 603 g/mol. The van der Waals surface area contributed by atoms with Crippen molar-refractivity contribution >= 4 is 35.7 Å². The maximum Gasteiger partial charge on any atom is 0.407 e. The van der Waals surface area contributed by atoms with Crippen LogP contribution < -0.4 is 11.1 Å². The van der Waals surface area contributed by atoms with Gasteiger partial charge in [0.1, 0.15) is 16.2 Å². The van der Waals surface area contributed by atoms with Crippen molar-refractivity contribution in [2.24, 2.45) is 0 Å². The highest BCUT2D eigenvalue weighted by Crippen LogP contribution is 2.30. The lowest BCUT2D eigenvalue weighted by atomic mass is 9.97. The Morgan fingerprint density at radius 3 is 2.26 bits per heavy atom. The molecule has 0 saturated carbocycles. The first kappa shape index (κ1) is 34.8. The van der Waals surface area contributed by atoms with Crippen molar-refractivity contribution in [3.05, 3.63) is 34.9 Å². The second kappa shape index (κ2) is 15.2. The van der Waals surface area contributed by atoms with Gasteiger partial charge in [0.05, 0.1) is 17.9 Å². The number of rotatable bonds is 12. The van der Waals surface area contributed by atoms with E-state index in [2.05, 4.69) is 15.3 Å². The third-order valence-corrected chi connectivity index (χ3v) is 6.66. The van der Waals surface area contributed by atoms with Gasteiger partial charge in [0.25, 0.3) is 0 Å². The van der Waals surface area contributed by atoms with E-state index in [-0.39, 0.29) is 31.4 Å². The van der Waals surface area contributed by atoms with Crippen LogP contribution in [-0.2, 0) is 14.3 Å². The third-order valence-electron chi connectivity index (χ3n) is 5.75. The quantitative estimate of drug-likeness (QED) is 0.136. The number of nitrogen functional groups attached to an aromatic ring is 1. The van der Waals surface area contributed by atoms with Gasteiger partial charge >= 0.3 is 12.1 Å². The van der Waals surface area contributed by atoms with Crippen LogP contribution in [0.15, 0.2) is 23.2 Å². The molecule has 0 bridgehead atoms. The number of benzene rings is 1. The highest BCUT2D eigenvalue weighted by molar-refractivity contribution is 7.99. The number of nitrogens with two attached hydrogens (primary N) is 1. The number of esters is 1. The van der Waals surface area contributed by atoms with Crippen molar-refractivity contribution in [1.29, 1.82) is 0 Å². The number of aliphatic hydroxyl groups is 1. The molecule has 1 aromatic heterocycles. The van der Waals surface area contributed by atoms with Crippen LogP contribution >= 0.6 is 11.8 Å². The fraction of sp³-hybridized carbons (Fsp3) is 0.567. The van der Waals surface area contributed by atoms with Gasteiger partial charge in [0.2, 0.25) is 11.9 Å². The number of alkyl carbamates (subject to hydrolysis) is 1. The van der Waals surface area contributed by atoms with Crippen LogP contribution in [0.4, 0.5) is 10.7 Å². The van der Waals surface area contributed by atoms with Crippen molar-refractivity contribution in [3.8, 4) is 11.3 Å². The summed E-state index contributed by atoms with van der Waals surface area (Å²) in [4.78, 5) is 47.8. The summed E-state index contributed by atoms with van der Waals surface area (Å²) in [5.41, 5.74) is 8.30. The fourth-order valence-corrected chi connectivity index (χ4v) is 4.83. The Morgan fingerprint density at radius 2 is 1.64 bits per heavy atom. The molecule has 2 aromatic rings. The SMILES string of the molecule is Cc1cc(C)c(-c2cc(SCCC(=O)N(CCO)CCCNC(=O)OC(C)(C)C)nc(N)n2)cc1C(=O)OC(C)(C)C. The Bertz CT molecular complexity index is 1260. The normalized spacial score (nSPS) is 11.6. The molecule has 2 amide bonds. The average molecular weight is 604 g/mol. The van der Waals surface area contributed by atoms with Gasteiger partial charge in [-0.25, -0.2) is 19.6 Å². The number of carbonyl (C=O) groups excluding carboxylic acids is 3. The third kappa shape index (κ3) is 11.8. The molecule has 0 radical (unpaired) electrons. The van der Waals surface area contributed by atoms with E-state index in [1.807, 2.05) is 40.7 Å². The number of carbonyl (C=O) groups is 3. The van der Waals surface area contributed by atoms with Crippen LogP contribution in [0.3, 0.4) is 0 Å². The molecular weight excluding hydrogens is 558 g/mol. The molecule has 0 aliphatic heterocycles. The minimum atomic E-state index is -0.626. The van der Waals surface area contributed by atoms with Crippen LogP contribution in [0.25, 0.3) is 11.3 Å². The van der Waals surface area contributed by atoms with Gasteiger partial charge in [-0.2, -0.15) is 0 Å². The predicted octanol–water partition coefficient (Wildman–Crippen LogP) is 4.52.